The monoisotopic (exact) mass is 364 g/mol. The zero-order chi connectivity index (χ0) is 18.8. The third kappa shape index (κ3) is 3.48. The molecule has 7 nitrogen and oxygen atoms in total. The summed E-state index contributed by atoms with van der Waals surface area (Å²) in [6, 6.07) is 13.3. The van der Waals surface area contributed by atoms with Crippen molar-refractivity contribution in [2.45, 2.75) is 25.9 Å². The molecule has 0 saturated heterocycles. The number of aryl methyl sites for hydroxylation is 1. The van der Waals surface area contributed by atoms with Gasteiger partial charge in [-0.3, -0.25) is 14.3 Å². The summed E-state index contributed by atoms with van der Waals surface area (Å²) in [5.41, 5.74) is 3.21. The maximum absolute atomic E-state index is 13.2. The van der Waals surface area contributed by atoms with Crippen molar-refractivity contribution in [3.8, 4) is 5.69 Å². The molecule has 1 aromatic carbocycles. The highest BCUT2D eigenvalue weighted by Crippen LogP contribution is 2.21. The summed E-state index contributed by atoms with van der Waals surface area (Å²) in [5.74, 6) is -0.849. The SMILES string of the molecule is O=C(O)CCc1cc2n(n1)CCN(C(=O)c1ccccc1-n1cccc1)C2. The highest BCUT2D eigenvalue weighted by atomic mass is 16.4. The molecule has 0 spiro atoms. The van der Waals surface area contributed by atoms with E-state index in [4.69, 9.17) is 5.11 Å². The predicted molar refractivity (Wildman–Crippen MR) is 98.7 cm³/mol. The van der Waals surface area contributed by atoms with Crippen LogP contribution in [0.2, 0.25) is 0 Å². The van der Waals surface area contributed by atoms with E-state index in [1.807, 2.05) is 69.0 Å². The Hall–Kier alpha value is -3.35. The Bertz CT molecular complexity index is 975. The number of aromatic nitrogens is 3. The van der Waals surface area contributed by atoms with Gasteiger partial charge in [-0.2, -0.15) is 5.10 Å². The molecule has 3 heterocycles. The molecule has 1 aliphatic rings. The number of carbonyl (C=O) groups excluding carboxylic acids is 1. The lowest BCUT2D eigenvalue weighted by molar-refractivity contribution is -0.136. The average molecular weight is 364 g/mol. The standard InChI is InChI=1S/C20H20N4O3/c25-19(26)8-7-15-13-16-14-23(11-12-24(16)21-15)20(27)17-5-1-2-6-18(17)22-9-3-4-10-22/h1-6,9-10,13H,7-8,11-12,14H2,(H,25,26). The first kappa shape index (κ1) is 17.1. The van der Waals surface area contributed by atoms with E-state index >= 15 is 0 Å². The van der Waals surface area contributed by atoms with E-state index in [9.17, 15) is 9.59 Å². The summed E-state index contributed by atoms with van der Waals surface area (Å²) >= 11 is 0. The van der Waals surface area contributed by atoms with Gasteiger partial charge < -0.3 is 14.6 Å². The molecular weight excluding hydrogens is 344 g/mol. The third-order valence-corrected chi connectivity index (χ3v) is 4.75. The highest BCUT2D eigenvalue weighted by Gasteiger charge is 2.25. The molecule has 1 amide bonds. The minimum Gasteiger partial charge on any atom is -0.481 e. The topological polar surface area (TPSA) is 80.4 Å². The van der Waals surface area contributed by atoms with Crippen LogP contribution in [0, 0.1) is 0 Å². The molecule has 0 unspecified atom stereocenters. The molecule has 138 valence electrons. The first-order valence-corrected chi connectivity index (χ1v) is 8.91. The smallest absolute Gasteiger partial charge is 0.303 e. The summed E-state index contributed by atoms with van der Waals surface area (Å²) in [4.78, 5) is 25.7. The zero-order valence-corrected chi connectivity index (χ0v) is 14.8. The zero-order valence-electron chi connectivity index (χ0n) is 14.8. The number of hydrogen-bond donors (Lipinski definition) is 1. The Morgan fingerprint density at radius 1 is 1.07 bits per heavy atom. The molecule has 7 heteroatoms. The first-order chi connectivity index (χ1) is 13.1. The molecule has 0 fully saturated rings. The fourth-order valence-electron chi connectivity index (χ4n) is 3.40. The van der Waals surface area contributed by atoms with E-state index in [1.165, 1.54) is 0 Å². The van der Waals surface area contributed by atoms with Crippen molar-refractivity contribution >= 4 is 11.9 Å². The summed E-state index contributed by atoms with van der Waals surface area (Å²) in [7, 11) is 0. The molecule has 0 saturated carbocycles. The Labute approximate surface area is 156 Å². The van der Waals surface area contributed by atoms with Gasteiger partial charge in [-0.25, -0.2) is 0 Å². The van der Waals surface area contributed by atoms with Crippen LogP contribution in [0.4, 0.5) is 0 Å². The van der Waals surface area contributed by atoms with Gasteiger partial charge in [0.05, 0.1) is 42.1 Å². The first-order valence-electron chi connectivity index (χ1n) is 8.91. The Morgan fingerprint density at radius 3 is 2.63 bits per heavy atom. The van der Waals surface area contributed by atoms with Crippen molar-refractivity contribution in [3.63, 3.8) is 0 Å². The lowest BCUT2D eigenvalue weighted by Gasteiger charge is -2.28. The molecule has 0 atom stereocenters. The van der Waals surface area contributed by atoms with Gasteiger partial charge in [0, 0.05) is 25.4 Å². The maximum atomic E-state index is 13.2. The van der Waals surface area contributed by atoms with Crippen LogP contribution < -0.4 is 0 Å². The quantitative estimate of drug-likeness (QED) is 0.754. The molecule has 0 bridgehead atoms. The van der Waals surface area contributed by atoms with Crippen molar-refractivity contribution in [2.24, 2.45) is 0 Å². The van der Waals surface area contributed by atoms with Gasteiger partial charge in [0.25, 0.3) is 5.91 Å². The predicted octanol–water partition coefficient (Wildman–Crippen LogP) is 2.35. The van der Waals surface area contributed by atoms with Crippen LogP contribution in [-0.2, 0) is 24.3 Å². The number of amides is 1. The van der Waals surface area contributed by atoms with Gasteiger partial charge in [-0.15, -0.1) is 0 Å². The second kappa shape index (κ2) is 7.11. The highest BCUT2D eigenvalue weighted by molar-refractivity contribution is 5.97. The van der Waals surface area contributed by atoms with Crippen LogP contribution in [-0.4, -0.2) is 42.8 Å². The number of para-hydroxylation sites is 1. The van der Waals surface area contributed by atoms with Gasteiger partial charge in [0.2, 0.25) is 0 Å². The lowest BCUT2D eigenvalue weighted by Crippen LogP contribution is -2.38. The number of carboxylic acid groups (broad SMARTS) is 1. The fraction of sp³-hybridized carbons (Fsp3) is 0.250. The molecule has 1 N–H and O–H groups in total. The van der Waals surface area contributed by atoms with Crippen LogP contribution in [0.3, 0.4) is 0 Å². The summed E-state index contributed by atoms with van der Waals surface area (Å²) in [5, 5.41) is 13.3. The number of rotatable bonds is 5. The summed E-state index contributed by atoms with van der Waals surface area (Å²) in [6.45, 7) is 1.66. The molecule has 27 heavy (non-hydrogen) atoms. The van der Waals surface area contributed by atoms with Crippen LogP contribution in [0.5, 0.6) is 0 Å². The van der Waals surface area contributed by atoms with Crippen molar-refractivity contribution in [1.82, 2.24) is 19.2 Å². The van der Waals surface area contributed by atoms with Crippen molar-refractivity contribution in [1.29, 1.82) is 0 Å². The number of carbonyl (C=O) groups is 2. The van der Waals surface area contributed by atoms with Crippen LogP contribution in [0.25, 0.3) is 5.69 Å². The van der Waals surface area contributed by atoms with E-state index in [2.05, 4.69) is 5.10 Å². The van der Waals surface area contributed by atoms with E-state index in [0.29, 0.717) is 31.6 Å². The number of fused-ring (bicyclic) bond motifs is 1. The second-order valence-electron chi connectivity index (χ2n) is 6.58. The third-order valence-electron chi connectivity index (χ3n) is 4.75. The number of aliphatic carboxylic acids is 1. The molecule has 4 rings (SSSR count). The minimum atomic E-state index is -0.834. The van der Waals surface area contributed by atoms with Gasteiger partial charge in [0.1, 0.15) is 0 Å². The normalized spacial score (nSPS) is 13.4. The molecule has 0 radical (unpaired) electrons. The Morgan fingerprint density at radius 2 is 1.85 bits per heavy atom. The van der Waals surface area contributed by atoms with Crippen LogP contribution in [0.15, 0.2) is 54.9 Å². The average Bonchev–Trinajstić information content (AvgIpc) is 3.34. The molecular formula is C20H20N4O3. The lowest BCUT2D eigenvalue weighted by atomic mass is 10.1. The number of benzene rings is 1. The van der Waals surface area contributed by atoms with Crippen LogP contribution >= 0.6 is 0 Å². The van der Waals surface area contributed by atoms with E-state index < -0.39 is 5.97 Å². The largest absolute Gasteiger partial charge is 0.481 e. The summed E-state index contributed by atoms with van der Waals surface area (Å²) in [6.07, 6.45) is 4.31. The number of carboxylic acids is 1. The minimum absolute atomic E-state index is 0.0150. The fourth-order valence-corrected chi connectivity index (χ4v) is 3.40. The van der Waals surface area contributed by atoms with E-state index in [-0.39, 0.29) is 12.3 Å². The molecule has 1 aliphatic heterocycles. The van der Waals surface area contributed by atoms with Crippen LogP contribution in [0.1, 0.15) is 28.2 Å². The van der Waals surface area contributed by atoms with E-state index in [1.54, 1.807) is 0 Å². The van der Waals surface area contributed by atoms with Crippen molar-refractivity contribution in [3.05, 3.63) is 71.8 Å². The second-order valence-corrected chi connectivity index (χ2v) is 6.58. The molecule has 3 aromatic rings. The molecule has 2 aromatic heterocycles. The summed E-state index contributed by atoms with van der Waals surface area (Å²) < 4.78 is 3.81. The van der Waals surface area contributed by atoms with Gasteiger partial charge >= 0.3 is 5.97 Å². The Kier molecular flexibility index (Phi) is 4.50. The number of nitrogens with zero attached hydrogens (tertiary/aromatic N) is 4. The van der Waals surface area contributed by atoms with E-state index in [0.717, 1.165) is 17.1 Å². The van der Waals surface area contributed by atoms with Crippen molar-refractivity contribution < 1.29 is 14.7 Å². The van der Waals surface area contributed by atoms with Gasteiger partial charge in [-0.1, -0.05) is 12.1 Å². The number of hydrogen-bond acceptors (Lipinski definition) is 3. The Balaban J connectivity index is 1.54. The molecule has 0 aliphatic carbocycles. The maximum Gasteiger partial charge on any atom is 0.303 e. The van der Waals surface area contributed by atoms with Crippen molar-refractivity contribution in [2.75, 3.05) is 6.54 Å². The van der Waals surface area contributed by atoms with Gasteiger partial charge in [-0.05, 0) is 30.3 Å². The van der Waals surface area contributed by atoms with Gasteiger partial charge in [0.15, 0.2) is 0 Å².